The summed E-state index contributed by atoms with van der Waals surface area (Å²) in [5.41, 5.74) is 1.84. The van der Waals surface area contributed by atoms with Gasteiger partial charge in [0.2, 0.25) is 0 Å². The maximum absolute atomic E-state index is 5.92. The normalized spacial score (nSPS) is 10.4. The highest BCUT2D eigenvalue weighted by Gasteiger charge is 2.01. The number of anilines is 2. The lowest BCUT2D eigenvalue weighted by molar-refractivity contribution is 1.19. The third-order valence-electron chi connectivity index (χ3n) is 2.09. The Labute approximate surface area is 109 Å². The van der Waals surface area contributed by atoms with Gasteiger partial charge in [0.05, 0.1) is 11.1 Å². The summed E-state index contributed by atoms with van der Waals surface area (Å²) < 4.78 is 0. The molecule has 0 aliphatic rings. The molecule has 1 aromatic carbocycles. The zero-order valence-corrected chi connectivity index (χ0v) is 11.0. The lowest BCUT2D eigenvalue weighted by Gasteiger charge is -2.04. The highest BCUT2D eigenvalue weighted by atomic mass is 35.5. The SMILES string of the molecule is CCc1cc(Nc2cc(Cl)cc(Cl)c2)[c]s1. The van der Waals surface area contributed by atoms with Crippen LogP contribution in [0.4, 0.5) is 11.4 Å². The van der Waals surface area contributed by atoms with Crippen molar-refractivity contribution in [2.75, 3.05) is 5.32 Å². The fourth-order valence-corrected chi connectivity index (χ4v) is 2.56. The molecule has 1 nitrogen and oxygen atoms in total. The highest BCUT2D eigenvalue weighted by molar-refractivity contribution is 7.09. The third kappa shape index (κ3) is 2.91. The molecular formula is C12H10Cl2NS. The van der Waals surface area contributed by atoms with Crippen molar-refractivity contribution in [3.05, 3.63) is 44.6 Å². The van der Waals surface area contributed by atoms with Crippen LogP contribution in [0.1, 0.15) is 11.8 Å². The van der Waals surface area contributed by atoms with Gasteiger partial charge in [0.15, 0.2) is 0 Å². The third-order valence-corrected chi connectivity index (χ3v) is 3.51. The minimum absolute atomic E-state index is 0.626. The summed E-state index contributed by atoms with van der Waals surface area (Å²) in [7, 11) is 0. The first-order valence-electron chi connectivity index (χ1n) is 4.91. The molecule has 1 heterocycles. The molecule has 2 aromatic rings. The maximum Gasteiger partial charge on any atom is 0.0701 e. The first-order valence-corrected chi connectivity index (χ1v) is 6.48. The van der Waals surface area contributed by atoms with Crippen molar-refractivity contribution >= 4 is 45.9 Å². The largest absolute Gasteiger partial charge is 0.354 e. The molecule has 0 bridgehead atoms. The fraction of sp³-hybridized carbons (Fsp3) is 0.167. The Morgan fingerprint density at radius 2 is 1.88 bits per heavy atom. The first kappa shape index (κ1) is 11.8. The van der Waals surface area contributed by atoms with Crippen LogP contribution >= 0.6 is 34.5 Å². The molecular weight excluding hydrogens is 261 g/mol. The Bertz CT molecular complexity index is 473. The van der Waals surface area contributed by atoms with Crippen LogP contribution in [0, 0.1) is 5.38 Å². The van der Waals surface area contributed by atoms with Crippen LogP contribution in [0.3, 0.4) is 0 Å². The van der Waals surface area contributed by atoms with E-state index in [0.29, 0.717) is 10.0 Å². The van der Waals surface area contributed by atoms with Crippen molar-refractivity contribution in [2.45, 2.75) is 13.3 Å². The van der Waals surface area contributed by atoms with Gasteiger partial charge in [0.1, 0.15) is 0 Å². The van der Waals surface area contributed by atoms with Gasteiger partial charge < -0.3 is 5.32 Å². The van der Waals surface area contributed by atoms with Gasteiger partial charge in [-0.3, -0.25) is 0 Å². The Kier molecular flexibility index (Phi) is 3.74. The predicted octanol–water partition coefficient (Wildman–Crippen LogP) is 5.16. The molecule has 0 aliphatic carbocycles. The van der Waals surface area contributed by atoms with Gasteiger partial charge in [-0.1, -0.05) is 30.1 Å². The predicted molar refractivity (Wildman–Crippen MR) is 72.3 cm³/mol. The van der Waals surface area contributed by atoms with E-state index in [2.05, 4.69) is 23.7 Å². The fourth-order valence-electron chi connectivity index (χ4n) is 1.36. The zero-order valence-electron chi connectivity index (χ0n) is 8.68. The molecule has 83 valence electrons. The molecule has 0 saturated heterocycles. The van der Waals surface area contributed by atoms with E-state index in [1.54, 1.807) is 17.4 Å². The summed E-state index contributed by atoms with van der Waals surface area (Å²) >= 11 is 13.5. The second kappa shape index (κ2) is 5.09. The van der Waals surface area contributed by atoms with Gasteiger partial charge in [-0.25, -0.2) is 0 Å². The molecule has 0 amide bonds. The van der Waals surface area contributed by atoms with Gasteiger partial charge >= 0.3 is 0 Å². The summed E-state index contributed by atoms with van der Waals surface area (Å²) in [5, 5.41) is 7.67. The van der Waals surface area contributed by atoms with Crippen molar-refractivity contribution in [1.29, 1.82) is 0 Å². The first-order chi connectivity index (χ1) is 7.67. The van der Waals surface area contributed by atoms with Crippen LogP contribution in [-0.4, -0.2) is 0 Å². The van der Waals surface area contributed by atoms with Crippen LogP contribution < -0.4 is 5.32 Å². The summed E-state index contributed by atoms with van der Waals surface area (Å²) in [6, 6.07) is 7.47. The standard InChI is InChI=1S/C12H10Cl2NS/c1-2-12-6-11(7-16-12)15-10-4-8(13)3-9(14)5-10/h3-6,15H,2H2,1H3. The molecule has 16 heavy (non-hydrogen) atoms. The molecule has 0 saturated carbocycles. The molecule has 1 N–H and O–H groups in total. The zero-order chi connectivity index (χ0) is 11.5. The average molecular weight is 271 g/mol. The van der Waals surface area contributed by atoms with Crippen molar-refractivity contribution in [1.82, 2.24) is 0 Å². The molecule has 0 aliphatic heterocycles. The molecule has 0 spiro atoms. The molecule has 0 atom stereocenters. The van der Waals surface area contributed by atoms with Crippen LogP contribution in [0.15, 0.2) is 24.3 Å². The number of nitrogens with one attached hydrogen (secondary N) is 1. The minimum atomic E-state index is 0.626. The van der Waals surface area contributed by atoms with Gasteiger partial charge in [0, 0.05) is 20.6 Å². The van der Waals surface area contributed by atoms with Crippen LogP contribution in [0.25, 0.3) is 0 Å². The Morgan fingerprint density at radius 1 is 1.19 bits per heavy atom. The van der Waals surface area contributed by atoms with E-state index in [0.717, 1.165) is 17.8 Å². The smallest absolute Gasteiger partial charge is 0.0701 e. The van der Waals surface area contributed by atoms with Gasteiger partial charge in [-0.05, 0) is 30.7 Å². The molecule has 1 aromatic heterocycles. The van der Waals surface area contributed by atoms with Gasteiger partial charge in [0.25, 0.3) is 0 Å². The quantitative estimate of drug-likeness (QED) is 0.812. The maximum atomic E-state index is 5.92. The Morgan fingerprint density at radius 3 is 2.44 bits per heavy atom. The van der Waals surface area contributed by atoms with E-state index in [9.17, 15) is 0 Å². The minimum Gasteiger partial charge on any atom is -0.354 e. The number of aryl methyl sites for hydroxylation is 1. The number of hydrogen-bond donors (Lipinski definition) is 1. The van der Waals surface area contributed by atoms with Crippen molar-refractivity contribution < 1.29 is 0 Å². The average Bonchev–Trinajstić information content (AvgIpc) is 2.64. The summed E-state index contributed by atoms with van der Waals surface area (Å²) in [4.78, 5) is 1.30. The molecule has 0 unspecified atom stereocenters. The number of rotatable bonds is 3. The summed E-state index contributed by atoms with van der Waals surface area (Å²) in [5.74, 6) is 0. The summed E-state index contributed by atoms with van der Waals surface area (Å²) in [6.07, 6.45) is 1.03. The molecule has 2 rings (SSSR count). The molecule has 4 heteroatoms. The van der Waals surface area contributed by atoms with Crippen LogP contribution in [0.5, 0.6) is 0 Å². The van der Waals surface area contributed by atoms with Crippen LogP contribution in [-0.2, 0) is 6.42 Å². The van der Waals surface area contributed by atoms with E-state index in [1.807, 2.05) is 12.1 Å². The lowest BCUT2D eigenvalue weighted by Crippen LogP contribution is -1.88. The second-order valence-electron chi connectivity index (χ2n) is 3.37. The van der Waals surface area contributed by atoms with Crippen molar-refractivity contribution in [3.63, 3.8) is 0 Å². The molecule has 0 fully saturated rings. The highest BCUT2D eigenvalue weighted by Crippen LogP contribution is 2.27. The number of thiophene rings is 1. The number of hydrogen-bond acceptors (Lipinski definition) is 2. The van der Waals surface area contributed by atoms with E-state index < -0.39 is 0 Å². The van der Waals surface area contributed by atoms with Gasteiger partial charge in [-0.15, -0.1) is 11.3 Å². The van der Waals surface area contributed by atoms with Crippen molar-refractivity contribution in [2.24, 2.45) is 0 Å². The van der Waals surface area contributed by atoms with E-state index in [-0.39, 0.29) is 0 Å². The van der Waals surface area contributed by atoms with Crippen molar-refractivity contribution in [3.8, 4) is 0 Å². The Hall–Kier alpha value is -0.700. The molecule has 1 radical (unpaired) electrons. The topological polar surface area (TPSA) is 12.0 Å². The van der Waals surface area contributed by atoms with Gasteiger partial charge in [-0.2, -0.15) is 0 Å². The lowest BCUT2D eigenvalue weighted by atomic mass is 10.3. The van der Waals surface area contributed by atoms with E-state index >= 15 is 0 Å². The second-order valence-corrected chi connectivity index (χ2v) is 5.17. The number of halogens is 2. The van der Waals surface area contributed by atoms with Crippen LogP contribution in [0.2, 0.25) is 10.0 Å². The summed E-state index contributed by atoms with van der Waals surface area (Å²) in [6.45, 7) is 2.12. The monoisotopic (exact) mass is 270 g/mol. The number of benzene rings is 1. The van der Waals surface area contributed by atoms with E-state index in [4.69, 9.17) is 23.2 Å². The van der Waals surface area contributed by atoms with E-state index in [1.165, 1.54) is 4.88 Å². The Balaban J connectivity index is 2.19.